The van der Waals surface area contributed by atoms with Crippen LogP contribution in [-0.4, -0.2) is 36.9 Å². The molecule has 1 fully saturated rings. The molecule has 6 heteroatoms. The molecule has 3 rings (SSSR count). The van der Waals surface area contributed by atoms with E-state index in [-0.39, 0.29) is 11.4 Å². The Bertz CT molecular complexity index is 739. The lowest BCUT2D eigenvalue weighted by Crippen LogP contribution is -2.39. The van der Waals surface area contributed by atoms with Crippen LogP contribution >= 0.6 is 11.8 Å². The SMILES string of the molecule is CCNC(=O)N1CCS[C@H]1c1ccc(OC)c(OCc2ccccc2)c1. The number of hydrogen-bond donors (Lipinski definition) is 1. The van der Waals surface area contributed by atoms with E-state index < -0.39 is 0 Å². The minimum absolute atomic E-state index is 0.00784. The second-order valence-corrected chi connectivity index (χ2v) is 7.12. The highest BCUT2D eigenvalue weighted by Gasteiger charge is 2.31. The van der Waals surface area contributed by atoms with Crippen LogP contribution < -0.4 is 14.8 Å². The fourth-order valence-corrected chi connectivity index (χ4v) is 4.15. The summed E-state index contributed by atoms with van der Waals surface area (Å²) < 4.78 is 11.4. The van der Waals surface area contributed by atoms with E-state index in [9.17, 15) is 4.79 Å². The Morgan fingerprint density at radius 2 is 2.04 bits per heavy atom. The van der Waals surface area contributed by atoms with Gasteiger partial charge in [-0.05, 0) is 30.2 Å². The van der Waals surface area contributed by atoms with Crippen molar-refractivity contribution in [3.8, 4) is 11.5 Å². The highest BCUT2D eigenvalue weighted by Crippen LogP contribution is 2.41. The van der Waals surface area contributed by atoms with Gasteiger partial charge in [-0.3, -0.25) is 0 Å². The van der Waals surface area contributed by atoms with Crippen LogP contribution in [-0.2, 0) is 6.61 Å². The predicted molar refractivity (Wildman–Crippen MR) is 105 cm³/mol. The molecule has 1 saturated heterocycles. The fourth-order valence-electron chi connectivity index (χ4n) is 2.90. The molecule has 5 nitrogen and oxygen atoms in total. The number of hydrogen-bond acceptors (Lipinski definition) is 4. The van der Waals surface area contributed by atoms with Crippen LogP contribution in [0.15, 0.2) is 48.5 Å². The molecule has 138 valence electrons. The molecule has 0 aliphatic carbocycles. The summed E-state index contributed by atoms with van der Waals surface area (Å²) in [6.07, 6.45) is 0. The van der Waals surface area contributed by atoms with Crippen LogP contribution in [0.25, 0.3) is 0 Å². The number of ether oxygens (including phenoxy) is 2. The first-order valence-electron chi connectivity index (χ1n) is 8.73. The zero-order valence-electron chi connectivity index (χ0n) is 15.1. The Balaban J connectivity index is 1.79. The zero-order chi connectivity index (χ0) is 18.4. The maximum Gasteiger partial charge on any atom is 0.318 e. The molecular formula is C20H24N2O3S. The summed E-state index contributed by atoms with van der Waals surface area (Å²) in [4.78, 5) is 14.2. The number of rotatable bonds is 6. The Kier molecular flexibility index (Phi) is 6.28. The molecule has 0 aromatic heterocycles. The van der Waals surface area contributed by atoms with Crippen molar-refractivity contribution < 1.29 is 14.3 Å². The van der Waals surface area contributed by atoms with Gasteiger partial charge in [-0.1, -0.05) is 36.4 Å². The molecule has 2 aromatic carbocycles. The molecule has 1 heterocycles. The average Bonchev–Trinajstić information content (AvgIpc) is 3.17. The topological polar surface area (TPSA) is 50.8 Å². The minimum Gasteiger partial charge on any atom is -0.493 e. The van der Waals surface area contributed by atoms with Crippen molar-refractivity contribution >= 4 is 17.8 Å². The van der Waals surface area contributed by atoms with E-state index in [1.807, 2.05) is 60.4 Å². The third-order valence-corrected chi connectivity index (χ3v) is 5.45. The predicted octanol–water partition coefficient (Wildman–Crippen LogP) is 4.05. The number of carbonyl (C=O) groups is 1. The monoisotopic (exact) mass is 372 g/mol. The quantitative estimate of drug-likeness (QED) is 0.831. The van der Waals surface area contributed by atoms with Crippen LogP contribution in [0.3, 0.4) is 0 Å². The maximum absolute atomic E-state index is 12.3. The van der Waals surface area contributed by atoms with E-state index in [1.54, 1.807) is 18.9 Å². The Morgan fingerprint density at radius 3 is 2.77 bits per heavy atom. The molecule has 0 spiro atoms. The van der Waals surface area contributed by atoms with Gasteiger partial charge in [0.05, 0.1) is 7.11 Å². The highest BCUT2D eigenvalue weighted by molar-refractivity contribution is 7.99. The van der Waals surface area contributed by atoms with E-state index in [1.165, 1.54) is 0 Å². The van der Waals surface area contributed by atoms with Gasteiger partial charge < -0.3 is 19.7 Å². The van der Waals surface area contributed by atoms with E-state index >= 15 is 0 Å². The molecule has 26 heavy (non-hydrogen) atoms. The lowest BCUT2D eigenvalue weighted by molar-refractivity contribution is 0.200. The second-order valence-electron chi connectivity index (χ2n) is 5.94. The number of thioether (sulfide) groups is 1. The summed E-state index contributed by atoms with van der Waals surface area (Å²) in [5.74, 6) is 2.31. The van der Waals surface area contributed by atoms with Crippen molar-refractivity contribution in [1.29, 1.82) is 0 Å². The van der Waals surface area contributed by atoms with Crippen molar-refractivity contribution in [2.45, 2.75) is 18.9 Å². The fraction of sp³-hybridized carbons (Fsp3) is 0.350. The third-order valence-electron chi connectivity index (χ3n) is 4.19. The molecule has 0 unspecified atom stereocenters. The molecule has 1 N–H and O–H groups in total. The largest absolute Gasteiger partial charge is 0.493 e. The van der Waals surface area contributed by atoms with E-state index in [0.717, 1.165) is 23.4 Å². The molecular weight excluding hydrogens is 348 g/mol. The molecule has 2 aromatic rings. The number of benzene rings is 2. The number of urea groups is 1. The Hall–Kier alpha value is -2.34. The number of methoxy groups -OCH3 is 1. The van der Waals surface area contributed by atoms with Gasteiger partial charge in [-0.25, -0.2) is 4.79 Å². The molecule has 2 amide bonds. The smallest absolute Gasteiger partial charge is 0.318 e. The molecule has 1 atom stereocenters. The van der Waals surface area contributed by atoms with Gasteiger partial charge in [0.1, 0.15) is 12.0 Å². The Morgan fingerprint density at radius 1 is 1.23 bits per heavy atom. The van der Waals surface area contributed by atoms with E-state index in [0.29, 0.717) is 24.7 Å². The standard InChI is InChI=1S/C20H24N2O3S/c1-3-21-20(23)22-11-12-26-19(22)16-9-10-17(24-2)18(13-16)25-14-15-7-5-4-6-8-15/h4-10,13,19H,3,11-12,14H2,1-2H3,(H,21,23)/t19-/m0/s1. The summed E-state index contributed by atoms with van der Waals surface area (Å²) in [5.41, 5.74) is 2.14. The van der Waals surface area contributed by atoms with Crippen molar-refractivity contribution in [3.63, 3.8) is 0 Å². The van der Waals surface area contributed by atoms with Crippen molar-refractivity contribution in [2.24, 2.45) is 0 Å². The minimum atomic E-state index is -0.0231. The van der Waals surface area contributed by atoms with Crippen LogP contribution in [0.4, 0.5) is 4.79 Å². The van der Waals surface area contributed by atoms with Gasteiger partial charge in [0.2, 0.25) is 0 Å². The van der Waals surface area contributed by atoms with Gasteiger partial charge in [-0.2, -0.15) is 0 Å². The van der Waals surface area contributed by atoms with Crippen LogP contribution in [0.1, 0.15) is 23.4 Å². The summed E-state index contributed by atoms with van der Waals surface area (Å²) in [6.45, 7) is 3.77. The summed E-state index contributed by atoms with van der Waals surface area (Å²) in [6, 6.07) is 15.9. The van der Waals surface area contributed by atoms with E-state index in [2.05, 4.69) is 5.32 Å². The molecule has 0 radical (unpaired) electrons. The van der Waals surface area contributed by atoms with Crippen LogP contribution in [0.5, 0.6) is 11.5 Å². The van der Waals surface area contributed by atoms with Crippen molar-refractivity contribution in [2.75, 3.05) is 26.0 Å². The highest BCUT2D eigenvalue weighted by atomic mass is 32.2. The van der Waals surface area contributed by atoms with Gasteiger partial charge in [0.25, 0.3) is 0 Å². The van der Waals surface area contributed by atoms with Crippen LogP contribution in [0, 0.1) is 0 Å². The first-order chi connectivity index (χ1) is 12.7. The molecule has 0 bridgehead atoms. The van der Waals surface area contributed by atoms with Gasteiger partial charge in [-0.15, -0.1) is 11.8 Å². The number of amides is 2. The number of nitrogens with one attached hydrogen (secondary N) is 1. The number of carbonyl (C=O) groups excluding carboxylic acids is 1. The second kappa shape index (κ2) is 8.85. The van der Waals surface area contributed by atoms with Gasteiger partial charge >= 0.3 is 6.03 Å². The first kappa shape index (κ1) is 18.5. The lowest BCUT2D eigenvalue weighted by Gasteiger charge is -2.25. The summed E-state index contributed by atoms with van der Waals surface area (Å²) in [5, 5.41) is 2.88. The summed E-state index contributed by atoms with van der Waals surface area (Å²) >= 11 is 1.76. The summed E-state index contributed by atoms with van der Waals surface area (Å²) in [7, 11) is 1.63. The molecule has 1 aliphatic rings. The number of nitrogens with zero attached hydrogens (tertiary/aromatic N) is 1. The molecule has 1 aliphatic heterocycles. The zero-order valence-corrected chi connectivity index (χ0v) is 15.9. The van der Waals surface area contributed by atoms with E-state index in [4.69, 9.17) is 9.47 Å². The first-order valence-corrected chi connectivity index (χ1v) is 9.78. The normalized spacial score (nSPS) is 16.4. The van der Waals surface area contributed by atoms with Gasteiger partial charge in [0.15, 0.2) is 11.5 Å². The van der Waals surface area contributed by atoms with Crippen LogP contribution in [0.2, 0.25) is 0 Å². The maximum atomic E-state index is 12.3. The Labute approximate surface area is 158 Å². The van der Waals surface area contributed by atoms with Crippen molar-refractivity contribution in [3.05, 3.63) is 59.7 Å². The van der Waals surface area contributed by atoms with Gasteiger partial charge in [0, 0.05) is 18.8 Å². The third kappa shape index (κ3) is 4.25. The average molecular weight is 372 g/mol. The molecule has 0 saturated carbocycles. The lowest BCUT2D eigenvalue weighted by atomic mass is 10.1. The van der Waals surface area contributed by atoms with Crippen molar-refractivity contribution in [1.82, 2.24) is 10.2 Å².